The topological polar surface area (TPSA) is 391 Å². The lowest BCUT2D eigenvalue weighted by Gasteiger charge is -2.32. The molecule has 8 aromatic rings. The number of imidazole rings is 2. The molecule has 0 unspecified atom stereocenters. The van der Waals surface area contributed by atoms with Crippen LogP contribution in [0.4, 0.5) is 35.3 Å². The molecule has 4 fully saturated rings. The molecule has 10 heterocycles. The Bertz CT molecular complexity index is 5710. The van der Waals surface area contributed by atoms with Gasteiger partial charge in [-0.05, 0) is 224 Å². The minimum Gasteiger partial charge on any atom is -0.488 e. The monoisotopic (exact) mass is 1770 g/mol. The number of nitrogens with zero attached hydrogens (tertiary/aromatic N) is 8. The van der Waals surface area contributed by atoms with Crippen LogP contribution in [0.25, 0.3) is 66.3 Å². The zero-order valence-electron chi connectivity index (χ0n) is 76.9. The summed E-state index contributed by atoms with van der Waals surface area (Å²) in [7, 11) is 6.57. The number of ether oxygens (including phenoxy) is 8. The van der Waals surface area contributed by atoms with Crippen molar-refractivity contribution in [1.29, 1.82) is 0 Å². The van der Waals surface area contributed by atoms with Gasteiger partial charge in [-0.25, -0.2) is 38.7 Å². The first-order valence-corrected chi connectivity index (χ1v) is 44.5. The number of carboxylic acids is 1. The molecule has 16 rings (SSSR count). The number of carbonyl (C=O) groups excluding carboxylic acids is 8. The lowest BCUT2D eigenvalue weighted by Crippen LogP contribution is -2.56. The smallest absolute Gasteiger partial charge is 0.410 e. The van der Waals surface area contributed by atoms with Gasteiger partial charge >= 0.3 is 36.4 Å². The van der Waals surface area contributed by atoms with Gasteiger partial charge in [0.25, 0.3) is 0 Å². The number of fused-ring (bicyclic) bond motifs is 12. The molecule has 8 amide bonds. The molecule has 13 atom stereocenters. The van der Waals surface area contributed by atoms with Crippen molar-refractivity contribution in [3.05, 3.63) is 131 Å². The van der Waals surface area contributed by atoms with Crippen LogP contribution in [-0.4, -0.2) is 219 Å². The van der Waals surface area contributed by atoms with Gasteiger partial charge in [-0.2, -0.15) is 0 Å². The molecular formula is C97H120N14O18. The zero-order chi connectivity index (χ0) is 92.6. The van der Waals surface area contributed by atoms with Crippen LogP contribution in [0, 0.1) is 29.6 Å². The summed E-state index contributed by atoms with van der Waals surface area (Å²) >= 11 is 0. The van der Waals surface area contributed by atoms with E-state index in [2.05, 4.69) is 135 Å². The van der Waals surface area contributed by atoms with Crippen molar-refractivity contribution in [2.45, 2.75) is 234 Å². The van der Waals surface area contributed by atoms with E-state index in [-0.39, 0.29) is 83.7 Å². The van der Waals surface area contributed by atoms with Crippen LogP contribution in [-0.2, 0) is 73.7 Å². The Morgan fingerprint density at radius 3 is 1.28 bits per heavy atom. The number of carbonyl (C=O) groups is 9. The average Bonchev–Trinajstić information content (AvgIpc) is 1.65. The number of H-pyrrole nitrogens is 2. The van der Waals surface area contributed by atoms with Crippen molar-refractivity contribution in [2.24, 2.45) is 39.6 Å². The Morgan fingerprint density at radius 2 is 0.884 bits per heavy atom. The van der Waals surface area contributed by atoms with Gasteiger partial charge < -0.3 is 88.9 Å². The number of carboxylic acid groups (broad SMARTS) is 1. The first-order chi connectivity index (χ1) is 61.5. The van der Waals surface area contributed by atoms with E-state index in [1.165, 1.54) is 41.1 Å². The maximum Gasteiger partial charge on any atom is 0.410 e. The van der Waals surface area contributed by atoms with E-state index in [0.29, 0.717) is 50.9 Å². The molecule has 32 heteroatoms. The van der Waals surface area contributed by atoms with E-state index in [1.54, 1.807) is 20.8 Å². The number of methoxy groups -OCH3 is 5. The van der Waals surface area contributed by atoms with Crippen molar-refractivity contribution < 1.29 is 86.2 Å². The van der Waals surface area contributed by atoms with Gasteiger partial charge in [0.15, 0.2) is 0 Å². The maximum absolute atomic E-state index is 14.0. The number of rotatable bonds is 19. The Labute approximate surface area is 751 Å². The van der Waals surface area contributed by atoms with Gasteiger partial charge in [-0.15, -0.1) is 0 Å². The van der Waals surface area contributed by atoms with Crippen LogP contribution in [0.2, 0.25) is 0 Å². The van der Waals surface area contributed by atoms with Gasteiger partial charge in [-0.3, -0.25) is 29.3 Å². The summed E-state index contributed by atoms with van der Waals surface area (Å²) in [6.07, 6.45) is 6.25. The molecule has 0 radical (unpaired) electrons. The van der Waals surface area contributed by atoms with E-state index in [1.807, 2.05) is 94.3 Å². The second-order valence-corrected chi connectivity index (χ2v) is 37.2. The number of alkyl carbamates (subject to hydrolysis) is 4. The molecule has 0 spiro atoms. The number of hydrogen-bond acceptors (Lipinski definition) is 21. The third-order valence-electron chi connectivity index (χ3n) is 25.9. The molecule has 686 valence electrons. The summed E-state index contributed by atoms with van der Waals surface area (Å²) in [4.78, 5) is 147. The van der Waals surface area contributed by atoms with Crippen molar-refractivity contribution in [3.63, 3.8) is 0 Å². The summed E-state index contributed by atoms with van der Waals surface area (Å²) in [5.74, 6) is 1.72. The quantitative estimate of drug-likeness (QED) is 0.0370. The van der Waals surface area contributed by atoms with E-state index < -0.39 is 66.2 Å². The second-order valence-electron chi connectivity index (χ2n) is 37.2. The fraction of sp³-hybridized carbons (Fsp3) is 0.495. The Balaban J connectivity index is 0.000000185. The number of aliphatic imine (C=N–C) groups is 2. The first-order valence-electron chi connectivity index (χ1n) is 44.5. The Hall–Kier alpha value is -12.6. The number of aliphatic carboxylic acids is 1. The van der Waals surface area contributed by atoms with Gasteiger partial charge in [0.05, 0.1) is 93.9 Å². The van der Waals surface area contributed by atoms with Gasteiger partial charge in [-0.1, -0.05) is 91.8 Å². The van der Waals surface area contributed by atoms with E-state index in [0.717, 1.165) is 162 Å². The molecule has 2 aromatic heterocycles. The number of aromatic nitrogens is 4. The predicted molar refractivity (Wildman–Crippen MR) is 486 cm³/mol. The van der Waals surface area contributed by atoms with Crippen molar-refractivity contribution >= 4 is 98.5 Å². The van der Waals surface area contributed by atoms with Crippen LogP contribution in [0.1, 0.15) is 181 Å². The summed E-state index contributed by atoms with van der Waals surface area (Å²) < 4.78 is 42.9. The second kappa shape index (κ2) is 38.4. The number of likely N-dealkylation sites (tertiary alicyclic amines) is 4. The normalized spacial score (nSPS) is 21.0. The standard InChI is InChI=1S/C46H55N7O8.C44H52N6O6.C7H13NO4/c1-23(2)40(50-45(56)59-7)44(55)53-25(4)9-14-37(53)42-47-20-36(49-42)28-10-12-30-29(16-28)22-61-39-19-31-27(17-33(30)39)11-13-34-32(31)18-35(48-34)38-15-24(3)21-52(38)43(54)41(26(5)58-6)51-46(57)60-8;1-23(2)39(48-42(52)54-8)41(51)50-25(4)9-14-36(50)40-45-20-35(47-40)27-10-12-29-28(16-27)22-55-38-19-30-26(17-32(29)38)11-13-33-31(30)18-34(46-33)37-15-24(3)21-49(37)43(53)56-44(5,6)7;1-4(2)5(6(9)10)8-7(11)12-3/h10-13,16-17,19-20,23-26,37-38,40-41H,9,14-15,18,21-22H2,1-8H3,(H,47,49)(H,50,56)(H,51,57);10-13,16-17,19-20,23-25,36-37,39H,9,14-15,18,21-22H2,1-8H3,(H,45,47)(H,48,52);4-5H,1-3H3,(H,8,11)(H,9,10)/t24-,25-,26+,37-,38-,40-,41-;24-,25-,36-,37-,39-;5-/m000/s1. The largest absolute Gasteiger partial charge is 0.488 e. The fourth-order valence-electron chi connectivity index (χ4n) is 19.1. The number of amides is 8. The SMILES string of the molecule is COC(=O)N[C@H](C(=O)N1[C@@H](C)CC[C@H]1c1ncc(-c2ccc3c(c2)COc2cc4c5c(ccc4cc2-3)N=C([C@@H]2C[C@H](C)CN2C(=O)OC(C)(C)C)C5)[nH]1)C(C)C.COC(=O)N[C@H](C(=O)N1[C@@H](C)CC[C@H]1c1ncc(-c2ccc3c(c2)COc2cc4c5c(ccc4cc2-3)N=C([C@@H]2C[C@H](C)CN2C(=O)[C@@H](NC(=O)OC)[C@@H](C)OC)C5)[nH]1)C(C)C.COC(=O)N[C@H](C(=O)O)C(C)C. The molecule has 32 nitrogen and oxygen atoms in total. The summed E-state index contributed by atoms with van der Waals surface area (Å²) in [6, 6.07) is 25.8. The van der Waals surface area contributed by atoms with Crippen molar-refractivity contribution in [2.75, 3.05) is 48.6 Å². The molecule has 0 saturated carbocycles. The average molecular weight is 1770 g/mol. The van der Waals surface area contributed by atoms with Gasteiger partial charge in [0.2, 0.25) is 17.7 Å². The van der Waals surface area contributed by atoms with E-state index >= 15 is 0 Å². The predicted octanol–water partition coefficient (Wildman–Crippen LogP) is 15.8. The molecule has 129 heavy (non-hydrogen) atoms. The maximum atomic E-state index is 14.0. The Kier molecular flexibility index (Phi) is 27.5. The molecule has 0 aliphatic carbocycles. The van der Waals surface area contributed by atoms with E-state index in [4.69, 9.17) is 58.2 Å². The lowest BCUT2D eigenvalue weighted by molar-refractivity contribution is -0.140. The van der Waals surface area contributed by atoms with Gasteiger partial charge in [0.1, 0.15) is 66.1 Å². The van der Waals surface area contributed by atoms with Crippen LogP contribution < -0.4 is 30.7 Å². The highest BCUT2D eigenvalue weighted by atomic mass is 16.6. The highest BCUT2D eigenvalue weighted by Crippen LogP contribution is 2.49. The first kappa shape index (κ1) is 92.6. The number of benzene rings is 6. The molecule has 8 aliphatic rings. The number of nitrogens with one attached hydrogen (secondary N) is 6. The Morgan fingerprint density at radius 1 is 0.481 bits per heavy atom. The molecule has 6 aromatic carbocycles. The third-order valence-corrected chi connectivity index (χ3v) is 25.9. The zero-order valence-corrected chi connectivity index (χ0v) is 76.9. The molecule has 4 saturated heterocycles. The van der Waals surface area contributed by atoms with Crippen molar-refractivity contribution in [3.8, 4) is 56.3 Å². The van der Waals surface area contributed by atoms with E-state index in [9.17, 15) is 43.2 Å². The molecule has 0 bridgehead atoms. The minimum atomic E-state index is -1.06. The molecular weight excluding hydrogens is 1650 g/mol. The van der Waals surface area contributed by atoms with Crippen molar-refractivity contribution in [1.82, 2.24) is 60.8 Å². The highest BCUT2D eigenvalue weighted by Gasteiger charge is 2.47. The minimum absolute atomic E-state index is 0.0000573. The van der Waals surface area contributed by atoms with Crippen LogP contribution in [0.15, 0.2) is 107 Å². The summed E-state index contributed by atoms with van der Waals surface area (Å²) in [5, 5.41) is 23.3. The highest BCUT2D eigenvalue weighted by molar-refractivity contribution is 6.08. The number of aromatic amines is 2. The third kappa shape index (κ3) is 19.4. The molecule has 7 N–H and O–H groups in total. The summed E-state index contributed by atoms with van der Waals surface area (Å²) in [5.41, 5.74) is 15.5. The molecule has 8 aliphatic heterocycles. The van der Waals surface area contributed by atoms with Gasteiger partial charge in [0, 0.05) is 67.7 Å². The van der Waals surface area contributed by atoms with Crippen LogP contribution in [0.3, 0.4) is 0 Å². The number of hydrogen-bond donors (Lipinski definition) is 7. The van der Waals surface area contributed by atoms with Crippen LogP contribution >= 0.6 is 0 Å². The van der Waals surface area contributed by atoms with Crippen LogP contribution in [0.5, 0.6) is 11.5 Å². The fourth-order valence-corrected chi connectivity index (χ4v) is 19.1. The lowest BCUT2D eigenvalue weighted by atomic mass is 9.90. The summed E-state index contributed by atoms with van der Waals surface area (Å²) in [6.45, 7) is 28.9.